The van der Waals surface area contributed by atoms with Gasteiger partial charge in [-0.05, 0) is 35.9 Å². The van der Waals surface area contributed by atoms with Crippen LogP contribution in [0.2, 0.25) is 0 Å². The maximum absolute atomic E-state index is 11.7. The Hall–Kier alpha value is -3.15. The molecule has 2 aromatic heterocycles. The summed E-state index contributed by atoms with van der Waals surface area (Å²) < 4.78 is 6.64. The zero-order chi connectivity index (χ0) is 16.2. The molecule has 0 saturated heterocycles. The second-order valence-electron chi connectivity index (χ2n) is 4.96. The minimum absolute atomic E-state index is 0.114. The molecule has 0 unspecified atom stereocenters. The predicted molar refractivity (Wildman–Crippen MR) is 84.0 cm³/mol. The predicted octanol–water partition coefficient (Wildman–Crippen LogP) is 2.49. The van der Waals surface area contributed by atoms with Gasteiger partial charge in [0.05, 0.1) is 7.11 Å². The molecule has 23 heavy (non-hydrogen) atoms. The van der Waals surface area contributed by atoms with Crippen molar-refractivity contribution in [1.82, 2.24) is 14.5 Å². The average Bonchev–Trinajstić information content (AvgIpc) is 3.03. The first-order valence-electron chi connectivity index (χ1n) is 7.01. The van der Waals surface area contributed by atoms with Crippen LogP contribution >= 0.6 is 0 Å². The van der Waals surface area contributed by atoms with Crippen LogP contribution in [-0.2, 0) is 11.3 Å². The third kappa shape index (κ3) is 3.06. The van der Waals surface area contributed by atoms with Crippen molar-refractivity contribution in [2.75, 3.05) is 7.11 Å². The molecule has 0 radical (unpaired) electrons. The van der Waals surface area contributed by atoms with Crippen LogP contribution in [0.3, 0.4) is 0 Å². The Morgan fingerprint density at radius 1 is 1.22 bits per heavy atom. The van der Waals surface area contributed by atoms with Gasteiger partial charge in [0.2, 0.25) is 0 Å². The zero-order valence-electron chi connectivity index (χ0n) is 12.5. The number of hydrogen-bond donors (Lipinski definition) is 1. The summed E-state index contributed by atoms with van der Waals surface area (Å²) in [5, 5.41) is 9.80. The molecule has 1 N–H and O–H groups in total. The maximum Gasteiger partial charge on any atom is 0.341 e. The Balaban J connectivity index is 1.97. The van der Waals surface area contributed by atoms with Gasteiger partial charge in [0.15, 0.2) is 0 Å². The van der Waals surface area contributed by atoms with Crippen molar-refractivity contribution in [3.8, 4) is 17.1 Å². The second kappa shape index (κ2) is 6.31. The van der Waals surface area contributed by atoms with Gasteiger partial charge in [0.1, 0.15) is 17.1 Å². The SMILES string of the molecule is COC(=O)c1cc(-c2nccn2Cc2ccncc2)ccc1O. The van der Waals surface area contributed by atoms with E-state index in [1.54, 1.807) is 30.7 Å². The fourth-order valence-corrected chi connectivity index (χ4v) is 2.33. The smallest absolute Gasteiger partial charge is 0.341 e. The number of ether oxygens (including phenoxy) is 1. The molecule has 3 aromatic rings. The number of imidazole rings is 1. The van der Waals surface area contributed by atoms with Gasteiger partial charge in [-0.2, -0.15) is 0 Å². The molecule has 116 valence electrons. The molecule has 3 rings (SSSR count). The molecule has 0 bridgehead atoms. The van der Waals surface area contributed by atoms with Crippen LogP contribution in [0.4, 0.5) is 0 Å². The number of hydrogen-bond acceptors (Lipinski definition) is 5. The van der Waals surface area contributed by atoms with Gasteiger partial charge in [-0.1, -0.05) is 0 Å². The number of carbonyl (C=O) groups excluding carboxylic acids is 1. The lowest BCUT2D eigenvalue weighted by atomic mass is 10.1. The number of aromatic hydroxyl groups is 1. The average molecular weight is 309 g/mol. The third-order valence-electron chi connectivity index (χ3n) is 3.48. The Bertz CT molecular complexity index is 828. The second-order valence-corrected chi connectivity index (χ2v) is 4.96. The summed E-state index contributed by atoms with van der Waals surface area (Å²) in [6.07, 6.45) is 7.03. The van der Waals surface area contributed by atoms with E-state index in [0.717, 1.165) is 11.1 Å². The maximum atomic E-state index is 11.7. The van der Waals surface area contributed by atoms with Gasteiger partial charge in [-0.3, -0.25) is 4.98 Å². The summed E-state index contributed by atoms with van der Waals surface area (Å²) in [7, 11) is 1.28. The largest absolute Gasteiger partial charge is 0.507 e. The minimum atomic E-state index is -0.586. The number of phenolic OH excluding ortho intramolecular Hbond substituents is 1. The molecule has 0 amide bonds. The number of pyridine rings is 1. The summed E-state index contributed by atoms with van der Waals surface area (Å²) in [5.74, 6) is -0.00334. The van der Waals surface area contributed by atoms with Crippen molar-refractivity contribution in [3.05, 3.63) is 66.2 Å². The lowest BCUT2D eigenvalue weighted by Gasteiger charge is -2.10. The highest BCUT2D eigenvalue weighted by Crippen LogP contribution is 2.26. The van der Waals surface area contributed by atoms with E-state index in [4.69, 9.17) is 0 Å². The number of nitrogens with zero attached hydrogens (tertiary/aromatic N) is 3. The number of rotatable bonds is 4. The standard InChI is InChI=1S/C17H15N3O3/c1-23-17(22)14-10-13(2-3-15(14)21)16-19-8-9-20(16)11-12-4-6-18-7-5-12/h2-10,21H,11H2,1H3. The molecular formula is C17H15N3O3. The Labute approximate surface area is 133 Å². The van der Waals surface area contributed by atoms with Gasteiger partial charge in [-0.15, -0.1) is 0 Å². The molecule has 0 aliphatic rings. The highest BCUT2D eigenvalue weighted by molar-refractivity contribution is 5.93. The van der Waals surface area contributed by atoms with E-state index in [2.05, 4.69) is 14.7 Å². The van der Waals surface area contributed by atoms with Crippen LogP contribution in [0.25, 0.3) is 11.4 Å². The highest BCUT2D eigenvalue weighted by atomic mass is 16.5. The van der Waals surface area contributed by atoms with Crippen molar-refractivity contribution in [2.24, 2.45) is 0 Å². The van der Waals surface area contributed by atoms with Gasteiger partial charge in [0.25, 0.3) is 0 Å². The Morgan fingerprint density at radius 2 is 2.00 bits per heavy atom. The zero-order valence-corrected chi connectivity index (χ0v) is 12.5. The fraction of sp³-hybridized carbons (Fsp3) is 0.118. The fourth-order valence-electron chi connectivity index (χ4n) is 2.33. The van der Waals surface area contributed by atoms with Crippen LogP contribution < -0.4 is 0 Å². The first-order valence-corrected chi connectivity index (χ1v) is 7.01. The van der Waals surface area contributed by atoms with Gasteiger partial charge < -0.3 is 14.4 Å². The molecule has 1 aromatic carbocycles. The van der Waals surface area contributed by atoms with Crippen molar-refractivity contribution in [2.45, 2.75) is 6.54 Å². The van der Waals surface area contributed by atoms with Crippen LogP contribution in [0.15, 0.2) is 55.1 Å². The Morgan fingerprint density at radius 3 is 2.74 bits per heavy atom. The highest BCUT2D eigenvalue weighted by Gasteiger charge is 2.15. The van der Waals surface area contributed by atoms with Crippen LogP contribution in [0.1, 0.15) is 15.9 Å². The van der Waals surface area contributed by atoms with Crippen molar-refractivity contribution in [1.29, 1.82) is 0 Å². The first kappa shape index (κ1) is 14.8. The summed E-state index contributed by atoms with van der Waals surface area (Å²) >= 11 is 0. The third-order valence-corrected chi connectivity index (χ3v) is 3.48. The number of methoxy groups -OCH3 is 1. The quantitative estimate of drug-likeness (QED) is 0.749. The van der Waals surface area contributed by atoms with E-state index < -0.39 is 5.97 Å². The van der Waals surface area contributed by atoms with Crippen LogP contribution in [-0.4, -0.2) is 32.7 Å². The van der Waals surface area contributed by atoms with Crippen molar-refractivity contribution in [3.63, 3.8) is 0 Å². The molecule has 0 fully saturated rings. The molecule has 6 nitrogen and oxygen atoms in total. The monoisotopic (exact) mass is 309 g/mol. The summed E-state index contributed by atoms with van der Waals surface area (Å²) in [4.78, 5) is 20.1. The van der Waals surface area contributed by atoms with E-state index >= 15 is 0 Å². The van der Waals surface area contributed by atoms with Crippen molar-refractivity contribution < 1.29 is 14.6 Å². The summed E-state index contributed by atoms with van der Waals surface area (Å²) in [6, 6.07) is 8.62. The van der Waals surface area contributed by atoms with E-state index in [1.165, 1.54) is 13.2 Å². The lowest BCUT2D eigenvalue weighted by molar-refractivity contribution is 0.0597. The normalized spacial score (nSPS) is 10.5. The molecule has 6 heteroatoms. The van der Waals surface area contributed by atoms with E-state index in [1.807, 2.05) is 22.9 Å². The van der Waals surface area contributed by atoms with Gasteiger partial charge >= 0.3 is 5.97 Å². The molecule has 2 heterocycles. The number of esters is 1. The molecule has 0 aliphatic carbocycles. The Kier molecular flexibility index (Phi) is 4.05. The number of phenols is 1. The van der Waals surface area contributed by atoms with E-state index in [0.29, 0.717) is 12.4 Å². The van der Waals surface area contributed by atoms with Gasteiger partial charge in [0, 0.05) is 36.9 Å². The number of aromatic nitrogens is 3. The molecule has 0 spiro atoms. The summed E-state index contributed by atoms with van der Waals surface area (Å²) in [6.45, 7) is 0.631. The molecular weight excluding hydrogens is 294 g/mol. The van der Waals surface area contributed by atoms with E-state index in [9.17, 15) is 9.90 Å². The van der Waals surface area contributed by atoms with Crippen molar-refractivity contribution >= 4 is 5.97 Å². The first-order chi connectivity index (χ1) is 11.2. The molecule has 0 saturated carbocycles. The molecule has 0 aliphatic heterocycles. The van der Waals surface area contributed by atoms with Crippen LogP contribution in [0, 0.1) is 0 Å². The number of benzene rings is 1. The topological polar surface area (TPSA) is 77.2 Å². The van der Waals surface area contributed by atoms with Gasteiger partial charge in [-0.25, -0.2) is 9.78 Å². The van der Waals surface area contributed by atoms with E-state index in [-0.39, 0.29) is 11.3 Å². The minimum Gasteiger partial charge on any atom is -0.507 e. The number of carbonyl (C=O) groups is 1. The summed E-state index contributed by atoms with van der Waals surface area (Å²) in [5.41, 5.74) is 1.93. The lowest BCUT2D eigenvalue weighted by Crippen LogP contribution is -2.04. The molecule has 0 atom stereocenters. The van der Waals surface area contributed by atoms with Crippen LogP contribution in [0.5, 0.6) is 5.75 Å².